The van der Waals surface area contributed by atoms with Gasteiger partial charge in [-0.15, -0.1) is 0 Å². The van der Waals surface area contributed by atoms with E-state index in [9.17, 15) is 4.79 Å². The number of nitrogens with zero attached hydrogens (tertiary/aromatic N) is 5. The summed E-state index contributed by atoms with van der Waals surface area (Å²) in [5.74, 6) is 0.858. The molecule has 0 saturated heterocycles. The molecule has 3 heterocycles. The molecule has 0 fully saturated rings. The van der Waals surface area contributed by atoms with E-state index in [2.05, 4.69) is 54.8 Å². The third kappa shape index (κ3) is 3.06. The Labute approximate surface area is 186 Å². The maximum Gasteiger partial charge on any atom is 0.253 e. The smallest absolute Gasteiger partial charge is 0.253 e. The molecule has 2 aromatic carbocycles. The van der Waals surface area contributed by atoms with Crippen molar-refractivity contribution in [2.45, 2.75) is 33.2 Å². The Morgan fingerprint density at radius 2 is 1.78 bits per heavy atom. The van der Waals surface area contributed by atoms with Gasteiger partial charge in [0.25, 0.3) is 5.56 Å². The molecular weight excluding hydrogens is 398 g/mol. The summed E-state index contributed by atoms with van der Waals surface area (Å²) in [6, 6.07) is 16.8. The Balaban J connectivity index is 1.86. The van der Waals surface area contributed by atoms with Crippen LogP contribution in [-0.2, 0) is 20.5 Å². The van der Waals surface area contributed by atoms with E-state index in [1.807, 2.05) is 37.0 Å². The molecule has 0 aliphatic heterocycles. The van der Waals surface area contributed by atoms with E-state index in [1.54, 1.807) is 11.6 Å². The number of fused-ring (bicyclic) bond motifs is 2. The average Bonchev–Trinajstić information content (AvgIpc) is 3.33. The second-order valence-electron chi connectivity index (χ2n) is 8.50. The number of benzene rings is 2. The van der Waals surface area contributed by atoms with Gasteiger partial charge in [-0.25, -0.2) is 4.98 Å². The van der Waals surface area contributed by atoms with Gasteiger partial charge >= 0.3 is 0 Å². The molecule has 0 amide bonds. The summed E-state index contributed by atoms with van der Waals surface area (Å²) < 4.78 is 5.87. The van der Waals surface area contributed by atoms with Gasteiger partial charge in [-0.2, -0.15) is 5.10 Å². The Hall–Kier alpha value is -3.67. The topological polar surface area (TPSA) is 57.6 Å². The van der Waals surface area contributed by atoms with Gasteiger partial charge < -0.3 is 9.13 Å². The van der Waals surface area contributed by atoms with Crippen molar-refractivity contribution in [2.75, 3.05) is 0 Å². The number of imidazole rings is 1. The van der Waals surface area contributed by atoms with Crippen molar-refractivity contribution in [2.24, 2.45) is 14.1 Å². The first-order valence-corrected chi connectivity index (χ1v) is 11.0. The normalized spacial score (nSPS) is 12.7. The first-order valence-electron chi connectivity index (χ1n) is 11.0. The van der Waals surface area contributed by atoms with Crippen molar-refractivity contribution in [3.63, 3.8) is 0 Å². The minimum atomic E-state index is 0.0110. The fourth-order valence-corrected chi connectivity index (χ4v) is 4.66. The minimum absolute atomic E-state index is 0.0110. The second kappa shape index (κ2) is 7.48. The summed E-state index contributed by atoms with van der Waals surface area (Å²) in [5, 5.41) is 5.84. The van der Waals surface area contributed by atoms with Crippen molar-refractivity contribution in [1.29, 1.82) is 0 Å². The molecule has 0 aliphatic carbocycles. The maximum absolute atomic E-state index is 12.3. The zero-order valence-corrected chi connectivity index (χ0v) is 19.1. The number of hydrogen-bond acceptors (Lipinski definition) is 3. The molecule has 0 bridgehead atoms. The fourth-order valence-electron chi connectivity index (χ4n) is 4.66. The summed E-state index contributed by atoms with van der Waals surface area (Å²) >= 11 is 0. The van der Waals surface area contributed by atoms with E-state index in [0.29, 0.717) is 5.56 Å². The molecule has 0 aliphatic rings. The first-order chi connectivity index (χ1) is 15.4. The van der Waals surface area contributed by atoms with Gasteiger partial charge in [-0.05, 0) is 44.0 Å². The molecule has 6 nitrogen and oxygen atoms in total. The number of aromatic nitrogens is 5. The highest BCUT2D eigenvalue weighted by Crippen LogP contribution is 2.34. The van der Waals surface area contributed by atoms with Crippen LogP contribution in [0.4, 0.5) is 0 Å². The van der Waals surface area contributed by atoms with Crippen molar-refractivity contribution >= 4 is 21.9 Å². The van der Waals surface area contributed by atoms with Crippen LogP contribution >= 0.6 is 0 Å². The maximum atomic E-state index is 12.3. The molecule has 1 atom stereocenters. The lowest BCUT2D eigenvalue weighted by molar-refractivity contribution is 0.664. The standard InChI is InChI=1S/C26H27N5O/c1-6-21-20-13-22-24(14-23(20)30(5)28-21)31(17(3)18-10-8-7-9-11-18)25(27-22)19-12-16(2)26(32)29(4)15-19/h7-15,17H,6H2,1-5H3/t17-/m0/s1. The second-order valence-corrected chi connectivity index (χ2v) is 8.50. The van der Waals surface area contributed by atoms with E-state index in [0.717, 1.165) is 45.4 Å². The predicted octanol–water partition coefficient (Wildman–Crippen LogP) is 4.77. The third-order valence-electron chi connectivity index (χ3n) is 6.36. The zero-order valence-electron chi connectivity index (χ0n) is 19.1. The quantitative estimate of drug-likeness (QED) is 0.417. The van der Waals surface area contributed by atoms with Crippen LogP contribution in [0, 0.1) is 6.92 Å². The largest absolute Gasteiger partial charge is 0.318 e. The van der Waals surface area contributed by atoms with Gasteiger partial charge in [-0.1, -0.05) is 37.3 Å². The highest BCUT2D eigenvalue weighted by atomic mass is 16.1. The zero-order chi connectivity index (χ0) is 22.6. The van der Waals surface area contributed by atoms with Gasteiger partial charge in [0.15, 0.2) is 0 Å². The highest BCUT2D eigenvalue weighted by Gasteiger charge is 2.21. The van der Waals surface area contributed by atoms with Crippen LogP contribution in [-0.4, -0.2) is 23.9 Å². The van der Waals surface area contributed by atoms with E-state index < -0.39 is 0 Å². The van der Waals surface area contributed by atoms with Gasteiger partial charge in [0.2, 0.25) is 0 Å². The van der Waals surface area contributed by atoms with Gasteiger partial charge in [-0.3, -0.25) is 9.48 Å². The van der Waals surface area contributed by atoms with E-state index >= 15 is 0 Å². The average molecular weight is 426 g/mol. The van der Waals surface area contributed by atoms with Crippen molar-refractivity contribution < 1.29 is 0 Å². The van der Waals surface area contributed by atoms with Gasteiger partial charge in [0, 0.05) is 36.8 Å². The highest BCUT2D eigenvalue weighted by molar-refractivity contribution is 5.96. The van der Waals surface area contributed by atoms with Crippen LogP contribution in [0.2, 0.25) is 0 Å². The number of rotatable bonds is 4. The molecule has 5 rings (SSSR count). The third-order valence-corrected chi connectivity index (χ3v) is 6.36. The molecule has 32 heavy (non-hydrogen) atoms. The van der Waals surface area contributed by atoms with Crippen LogP contribution in [0.25, 0.3) is 33.3 Å². The van der Waals surface area contributed by atoms with Crippen LogP contribution in [0.1, 0.15) is 36.7 Å². The molecule has 0 unspecified atom stereocenters. The van der Waals surface area contributed by atoms with Crippen molar-refractivity contribution in [3.05, 3.63) is 81.9 Å². The lowest BCUT2D eigenvalue weighted by Crippen LogP contribution is -2.19. The Morgan fingerprint density at radius 3 is 2.47 bits per heavy atom. The Kier molecular flexibility index (Phi) is 4.73. The van der Waals surface area contributed by atoms with Crippen LogP contribution in [0.5, 0.6) is 0 Å². The van der Waals surface area contributed by atoms with Gasteiger partial charge in [0.05, 0.1) is 28.3 Å². The SMILES string of the molecule is CCc1nn(C)c2cc3c(cc12)nc(-c1cc(C)c(=O)n(C)c1)n3[C@@H](C)c1ccccc1. The number of aryl methyl sites for hydroxylation is 4. The molecule has 162 valence electrons. The summed E-state index contributed by atoms with van der Waals surface area (Å²) in [6.45, 7) is 6.17. The molecular formula is C26H27N5O. The molecule has 0 N–H and O–H groups in total. The molecule has 3 aromatic heterocycles. The number of pyridine rings is 1. The summed E-state index contributed by atoms with van der Waals surface area (Å²) in [4.78, 5) is 17.4. The monoisotopic (exact) mass is 425 g/mol. The van der Waals surface area contributed by atoms with Gasteiger partial charge in [0.1, 0.15) is 5.82 Å². The molecule has 0 radical (unpaired) electrons. The number of hydrogen-bond donors (Lipinski definition) is 0. The van der Waals surface area contributed by atoms with Crippen LogP contribution in [0.15, 0.2) is 59.5 Å². The fraction of sp³-hybridized carbons (Fsp3) is 0.269. The molecule has 0 saturated carbocycles. The summed E-state index contributed by atoms with van der Waals surface area (Å²) in [6.07, 6.45) is 2.75. The molecule has 6 heteroatoms. The van der Waals surface area contributed by atoms with Crippen LogP contribution < -0.4 is 5.56 Å². The lowest BCUT2D eigenvalue weighted by atomic mass is 10.1. The molecule has 0 spiro atoms. The van der Waals surface area contributed by atoms with E-state index in [-0.39, 0.29) is 11.6 Å². The summed E-state index contributed by atoms with van der Waals surface area (Å²) in [5.41, 5.74) is 7.02. The van der Waals surface area contributed by atoms with Crippen LogP contribution in [0.3, 0.4) is 0 Å². The lowest BCUT2D eigenvalue weighted by Gasteiger charge is -2.19. The molecule has 5 aromatic rings. The Morgan fingerprint density at radius 1 is 1.03 bits per heavy atom. The van der Waals surface area contributed by atoms with Crippen molar-refractivity contribution in [1.82, 2.24) is 23.9 Å². The predicted molar refractivity (Wildman–Crippen MR) is 129 cm³/mol. The van der Waals surface area contributed by atoms with E-state index in [1.165, 1.54) is 5.56 Å². The summed E-state index contributed by atoms with van der Waals surface area (Å²) in [7, 11) is 3.78. The van der Waals surface area contributed by atoms with Crippen molar-refractivity contribution in [3.8, 4) is 11.4 Å². The first kappa shape index (κ1) is 20.2. The Bertz CT molecular complexity index is 1500. The minimum Gasteiger partial charge on any atom is -0.318 e. The van der Waals surface area contributed by atoms with E-state index in [4.69, 9.17) is 10.1 Å².